The summed E-state index contributed by atoms with van der Waals surface area (Å²) in [5.41, 5.74) is 7.15. The Hall–Kier alpha value is -1.36. The van der Waals surface area contributed by atoms with Crippen LogP contribution in [0.2, 0.25) is 0 Å². The van der Waals surface area contributed by atoms with Crippen molar-refractivity contribution in [2.45, 2.75) is 30.7 Å². The van der Waals surface area contributed by atoms with E-state index in [1.54, 1.807) is 18.2 Å². The van der Waals surface area contributed by atoms with Crippen LogP contribution in [0, 0.1) is 6.92 Å². The maximum absolute atomic E-state index is 12.0. The Labute approximate surface area is 103 Å². The molecule has 1 aromatic rings. The highest BCUT2D eigenvalue weighted by atomic mass is 32.2. The second kappa shape index (κ2) is 4.87. The smallest absolute Gasteiger partial charge is 0.233 e. The van der Waals surface area contributed by atoms with Gasteiger partial charge in [-0.05, 0) is 37.5 Å². The van der Waals surface area contributed by atoms with E-state index in [9.17, 15) is 9.00 Å². The van der Waals surface area contributed by atoms with Crippen molar-refractivity contribution in [3.05, 3.63) is 23.8 Å². The molecule has 1 amide bonds. The summed E-state index contributed by atoms with van der Waals surface area (Å²) in [5.74, 6) is -0.131. The molecular formula is C12H16N2O2S. The Morgan fingerprint density at radius 2 is 2.24 bits per heavy atom. The van der Waals surface area contributed by atoms with Crippen molar-refractivity contribution in [3.8, 4) is 0 Å². The quantitative estimate of drug-likeness (QED) is 0.784. The molecular weight excluding hydrogens is 236 g/mol. The van der Waals surface area contributed by atoms with Crippen molar-refractivity contribution in [3.63, 3.8) is 0 Å². The van der Waals surface area contributed by atoms with E-state index >= 15 is 0 Å². The van der Waals surface area contributed by atoms with E-state index in [-0.39, 0.29) is 11.7 Å². The second-order valence-electron chi connectivity index (χ2n) is 4.30. The number of benzene rings is 1. The lowest BCUT2D eigenvalue weighted by atomic mass is 10.2. The largest absolute Gasteiger partial charge is 0.398 e. The summed E-state index contributed by atoms with van der Waals surface area (Å²) in [5, 5.41) is 2.83. The van der Waals surface area contributed by atoms with E-state index < -0.39 is 10.8 Å². The van der Waals surface area contributed by atoms with E-state index in [0.29, 0.717) is 16.6 Å². The molecule has 0 spiro atoms. The van der Waals surface area contributed by atoms with Crippen LogP contribution < -0.4 is 11.1 Å². The first kappa shape index (κ1) is 12.1. The van der Waals surface area contributed by atoms with Gasteiger partial charge in [0.15, 0.2) is 0 Å². The van der Waals surface area contributed by atoms with Crippen molar-refractivity contribution < 1.29 is 9.00 Å². The molecule has 2 rings (SSSR count). The van der Waals surface area contributed by atoms with Gasteiger partial charge in [0, 0.05) is 16.6 Å². The summed E-state index contributed by atoms with van der Waals surface area (Å²) >= 11 is 0. The van der Waals surface area contributed by atoms with Gasteiger partial charge in [-0.1, -0.05) is 6.07 Å². The van der Waals surface area contributed by atoms with Crippen LogP contribution in [0.1, 0.15) is 18.4 Å². The SMILES string of the molecule is Cc1c(N)cccc1S(=O)CC(=O)NC1CC1. The van der Waals surface area contributed by atoms with Crippen LogP contribution in [0.4, 0.5) is 5.69 Å². The number of hydrogen-bond acceptors (Lipinski definition) is 3. The lowest BCUT2D eigenvalue weighted by Crippen LogP contribution is -2.30. The number of carbonyl (C=O) groups is 1. The number of nitrogens with two attached hydrogens (primary N) is 1. The Kier molecular flexibility index (Phi) is 3.47. The first-order valence-electron chi connectivity index (χ1n) is 5.61. The van der Waals surface area contributed by atoms with Crippen LogP contribution >= 0.6 is 0 Å². The fourth-order valence-electron chi connectivity index (χ4n) is 1.57. The average Bonchev–Trinajstić information content (AvgIpc) is 3.05. The van der Waals surface area contributed by atoms with Crippen molar-refractivity contribution in [1.82, 2.24) is 5.32 Å². The van der Waals surface area contributed by atoms with Gasteiger partial charge in [-0.25, -0.2) is 0 Å². The standard InChI is InChI=1S/C12H16N2O2S/c1-8-10(13)3-2-4-11(8)17(16)7-12(15)14-9-5-6-9/h2-4,9H,5-7,13H2,1H3,(H,14,15). The summed E-state index contributed by atoms with van der Waals surface area (Å²) in [4.78, 5) is 12.2. The summed E-state index contributed by atoms with van der Waals surface area (Å²) in [7, 11) is -1.32. The molecule has 0 bridgehead atoms. The van der Waals surface area contributed by atoms with Gasteiger partial charge in [-0.2, -0.15) is 0 Å². The zero-order chi connectivity index (χ0) is 12.4. The minimum absolute atomic E-state index is 0.0147. The molecule has 1 aliphatic carbocycles. The summed E-state index contributed by atoms with van der Waals surface area (Å²) in [6.45, 7) is 1.82. The minimum atomic E-state index is -1.32. The van der Waals surface area contributed by atoms with E-state index in [4.69, 9.17) is 5.73 Å². The highest BCUT2D eigenvalue weighted by Gasteiger charge is 2.24. The van der Waals surface area contributed by atoms with Crippen LogP contribution in [-0.4, -0.2) is 21.9 Å². The molecule has 0 aromatic heterocycles. The lowest BCUT2D eigenvalue weighted by Gasteiger charge is -2.08. The molecule has 5 heteroatoms. The lowest BCUT2D eigenvalue weighted by molar-refractivity contribution is -0.118. The van der Waals surface area contributed by atoms with E-state index in [1.807, 2.05) is 6.92 Å². The van der Waals surface area contributed by atoms with Crippen LogP contribution in [0.15, 0.2) is 23.1 Å². The summed E-state index contributed by atoms with van der Waals surface area (Å²) in [6.07, 6.45) is 2.07. The Morgan fingerprint density at radius 1 is 1.53 bits per heavy atom. The molecule has 0 aliphatic heterocycles. The van der Waals surface area contributed by atoms with Gasteiger partial charge >= 0.3 is 0 Å². The third-order valence-electron chi connectivity index (χ3n) is 2.78. The zero-order valence-corrected chi connectivity index (χ0v) is 10.5. The third kappa shape index (κ3) is 3.06. The minimum Gasteiger partial charge on any atom is -0.398 e. The van der Waals surface area contributed by atoms with Crippen LogP contribution in [0.5, 0.6) is 0 Å². The molecule has 1 fully saturated rings. The first-order chi connectivity index (χ1) is 8.08. The normalized spacial score (nSPS) is 16.5. The molecule has 1 saturated carbocycles. The number of hydrogen-bond donors (Lipinski definition) is 2. The Morgan fingerprint density at radius 3 is 2.88 bits per heavy atom. The van der Waals surface area contributed by atoms with Crippen molar-refractivity contribution in [2.75, 3.05) is 11.5 Å². The molecule has 17 heavy (non-hydrogen) atoms. The average molecular weight is 252 g/mol. The zero-order valence-electron chi connectivity index (χ0n) is 9.73. The number of anilines is 1. The second-order valence-corrected chi connectivity index (χ2v) is 5.72. The van der Waals surface area contributed by atoms with Gasteiger partial charge in [0.05, 0.1) is 10.8 Å². The van der Waals surface area contributed by atoms with Crippen molar-refractivity contribution >= 4 is 22.4 Å². The highest BCUT2D eigenvalue weighted by molar-refractivity contribution is 7.85. The molecule has 0 heterocycles. The monoisotopic (exact) mass is 252 g/mol. The summed E-state index contributed by atoms with van der Waals surface area (Å²) in [6, 6.07) is 5.59. The molecule has 1 aromatic carbocycles. The topological polar surface area (TPSA) is 72.2 Å². The summed E-state index contributed by atoms with van der Waals surface area (Å²) < 4.78 is 12.0. The van der Waals surface area contributed by atoms with Crippen molar-refractivity contribution in [2.24, 2.45) is 0 Å². The van der Waals surface area contributed by atoms with Crippen molar-refractivity contribution in [1.29, 1.82) is 0 Å². The van der Waals surface area contributed by atoms with Gasteiger partial charge in [0.25, 0.3) is 0 Å². The molecule has 3 N–H and O–H groups in total. The van der Waals surface area contributed by atoms with E-state index in [2.05, 4.69) is 5.32 Å². The molecule has 1 unspecified atom stereocenters. The Bertz CT molecular complexity index is 470. The third-order valence-corrected chi connectivity index (χ3v) is 4.23. The van der Waals surface area contributed by atoms with Crippen LogP contribution in [-0.2, 0) is 15.6 Å². The fourth-order valence-corrected chi connectivity index (χ4v) is 2.74. The van der Waals surface area contributed by atoms with E-state index in [0.717, 1.165) is 18.4 Å². The number of nitrogen functional groups attached to an aromatic ring is 1. The predicted octanol–water partition coefficient (Wildman–Crippen LogP) is 0.963. The Balaban J connectivity index is 2.03. The first-order valence-corrected chi connectivity index (χ1v) is 6.92. The van der Waals surface area contributed by atoms with Gasteiger partial charge in [-0.15, -0.1) is 0 Å². The van der Waals surface area contributed by atoms with Crippen LogP contribution in [0.25, 0.3) is 0 Å². The molecule has 0 saturated heterocycles. The van der Waals surface area contributed by atoms with Gasteiger partial charge in [0.2, 0.25) is 5.91 Å². The number of nitrogens with one attached hydrogen (secondary N) is 1. The number of carbonyl (C=O) groups excluding carboxylic acids is 1. The van der Waals surface area contributed by atoms with Gasteiger partial charge < -0.3 is 11.1 Å². The molecule has 1 aliphatic rings. The van der Waals surface area contributed by atoms with Gasteiger partial charge in [0.1, 0.15) is 5.75 Å². The molecule has 92 valence electrons. The highest BCUT2D eigenvalue weighted by Crippen LogP contribution is 2.20. The predicted molar refractivity (Wildman–Crippen MR) is 68.0 cm³/mol. The number of rotatable bonds is 4. The molecule has 1 atom stereocenters. The maximum atomic E-state index is 12.0. The molecule has 0 radical (unpaired) electrons. The van der Waals surface area contributed by atoms with Gasteiger partial charge in [-0.3, -0.25) is 9.00 Å². The fraction of sp³-hybridized carbons (Fsp3) is 0.417. The maximum Gasteiger partial charge on any atom is 0.233 e. The van der Waals surface area contributed by atoms with Crippen LogP contribution in [0.3, 0.4) is 0 Å². The number of amides is 1. The molecule has 4 nitrogen and oxygen atoms in total. The van der Waals surface area contributed by atoms with E-state index in [1.165, 1.54) is 0 Å².